The number of carbonyl (C=O) groups is 2. The summed E-state index contributed by atoms with van der Waals surface area (Å²) in [7, 11) is 0. The number of anilines is 1. The Hall–Kier alpha value is -2.08. The van der Waals surface area contributed by atoms with Crippen molar-refractivity contribution in [2.24, 2.45) is 0 Å². The Morgan fingerprint density at radius 1 is 1.14 bits per heavy atom. The fourth-order valence-corrected chi connectivity index (χ4v) is 1.49. The van der Waals surface area contributed by atoms with Gasteiger partial charge < -0.3 is 20.5 Å². The highest BCUT2D eigenvalue weighted by atomic mass is 16.6. The molecule has 116 valence electrons. The summed E-state index contributed by atoms with van der Waals surface area (Å²) in [5.74, 6) is -0.526. The van der Waals surface area contributed by atoms with E-state index in [1.807, 2.05) is 6.07 Å². The molecule has 0 saturated carbocycles. The topological polar surface area (TPSA) is 87.7 Å². The zero-order valence-corrected chi connectivity index (χ0v) is 12.8. The minimum absolute atomic E-state index is 0.526. The molecule has 21 heavy (non-hydrogen) atoms. The first-order valence-electron chi connectivity index (χ1n) is 6.65. The maximum atomic E-state index is 12.2. The molecule has 2 amide bonds. The first-order valence-corrected chi connectivity index (χ1v) is 6.65. The van der Waals surface area contributed by atoms with Gasteiger partial charge in [0.25, 0.3) is 5.91 Å². The molecule has 0 spiro atoms. The second kappa shape index (κ2) is 6.58. The molecule has 0 aliphatic rings. The summed E-state index contributed by atoms with van der Waals surface area (Å²) >= 11 is 0. The third kappa shape index (κ3) is 5.43. The minimum Gasteiger partial charge on any atom is -0.444 e. The second-order valence-electron chi connectivity index (χ2n) is 5.94. The summed E-state index contributed by atoms with van der Waals surface area (Å²) in [5, 5.41) is 14.5. The van der Waals surface area contributed by atoms with Crippen LogP contribution in [0, 0.1) is 0 Å². The minimum atomic E-state index is -1.47. The summed E-state index contributed by atoms with van der Waals surface area (Å²) in [4.78, 5) is 24.0. The van der Waals surface area contributed by atoms with Crippen molar-refractivity contribution in [3.63, 3.8) is 0 Å². The van der Waals surface area contributed by atoms with Crippen LogP contribution in [-0.4, -0.2) is 34.9 Å². The van der Waals surface area contributed by atoms with Crippen LogP contribution in [0.5, 0.6) is 0 Å². The number of amides is 2. The molecule has 0 fully saturated rings. The Bertz CT molecular complexity index is 496. The zero-order valence-electron chi connectivity index (χ0n) is 12.8. The zero-order chi connectivity index (χ0) is 16.1. The number of carbonyl (C=O) groups excluding carboxylic acids is 2. The number of para-hydroxylation sites is 1. The lowest BCUT2D eigenvalue weighted by molar-refractivity contribution is -0.123. The van der Waals surface area contributed by atoms with Crippen molar-refractivity contribution in [2.45, 2.75) is 38.8 Å². The van der Waals surface area contributed by atoms with Crippen molar-refractivity contribution in [3.8, 4) is 0 Å². The molecule has 0 aliphatic carbocycles. The van der Waals surface area contributed by atoms with Crippen LogP contribution in [0.3, 0.4) is 0 Å². The number of alkyl carbamates (subject to hydrolysis) is 1. The Morgan fingerprint density at radius 3 is 2.19 bits per heavy atom. The van der Waals surface area contributed by atoms with Crippen LogP contribution in [0.15, 0.2) is 30.3 Å². The first-order chi connectivity index (χ1) is 9.66. The van der Waals surface area contributed by atoms with Gasteiger partial charge in [0.15, 0.2) is 0 Å². The fourth-order valence-electron chi connectivity index (χ4n) is 1.49. The van der Waals surface area contributed by atoms with Gasteiger partial charge in [-0.25, -0.2) is 4.79 Å². The van der Waals surface area contributed by atoms with Crippen molar-refractivity contribution in [1.82, 2.24) is 5.32 Å². The molecule has 3 N–H and O–H groups in total. The molecule has 0 aromatic heterocycles. The van der Waals surface area contributed by atoms with Gasteiger partial charge in [0.2, 0.25) is 0 Å². The molecule has 0 bridgehead atoms. The molecule has 0 aliphatic heterocycles. The highest BCUT2D eigenvalue weighted by molar-refractivity contribution is 5.99. The average Bonchev–Trinajstić information content (AvgIpc) is 2.37. The van der Waals surface area contributed by atoms with Crippen molar-refractivity contribution >= 4 is 17.7 Å². The molecule has 0 saturated heterocycles. The first kappa shape index (κ1) is 17.0. The Morgan fingerprint density at radius 2 is 1.71 bits per heavy atom. The Labute approximate surface area is 124 Å². The molecular formula is C15H22N2O4. The van der Waals surface area contributed by atoms with Crippen LogP contribution in [0.2, 0.25) is 0 Å². The van der Waals surface area contributed by atoms with Crippen LogP contribution < -0.4 is 10.6 Å². The molecule has 0 radical (unpaired) electrons. The number of aliphatic hydroxyl groups is 1. The van der Waals surface area contributed by atoms with E-state index in [1.54, 1.807) is 45.0 Å². The summed E-state index contributed by atoms with van der Waals surface area (Å²) in [5.41, 5.74) is -1.58. The van der Waals surface area contributed by atoms with Crippen LogP contribution in [0.4, 0.5) is 10.5 Å². The van der Waals surface area contributed by atoms with E-state index in [0.29, 0.717) is 5.69 Å². The third-order valence-corrected chi connectivity index (χ3v) is 2.63. The van der Waals surface area contributed by atoms with E-state index >= 15 is 0 Å². The number of rotatable bonds is 4. The fraction of sp³-hybridized carbons (Fsp3) is 0.467. The van der Waals surface area contributed by atoms with E-state index < -0.39 is 29.7 Å². The molecular weight excluding hydrogens is 272 g/mol. The van der Waals surface area contributed by atoms with Crippen molar-refractivity contribution in [2.75, 3.05) is 11.9 Å². The van der Waals surface area contributed by atoms with Crippen molar-refractivity contribution in [1.29, 1.82) is 0 Å². The molecule has 1 aromatic carbocycles. The molecule has 1 atom stereocenters. The maximum absolute atomic E-state index is 12.2. The number of aliphatic hydroxyl groups excluding tert-OH is 1. The monoisotopic (exact) mass is 294 g/mol. The van der Waals surface area contributed by atoms with Gasteiger partial charge in [-0.2, -0.15) is 0 Å². The predicted octanol–water partition coefficient (Wildman–Crippen LogP) is 1.90. The summed E-state index contributed by atoms with van der Waals surface area (Å²) < 4.78 is 5.09. The number of hydrogen-bond acceptors (Lipinski definition) is 4. The van der Waals surface area contributed by atoms with Gasteiger partial charge in [0.05, 0.1) is 6.61 Å². The van der Waals surface area contributed by atoms with Gasteiger partial charge in [-0.1, -0.05) is 18.2 Å². The van der Waals surface area contributed by atoms with Crippen LogP contribution in [0.1, 0.15) is 27.7 Å². The van der Waals surface area contributed by atoms with Gasteiger partial charge in [0, 0.05) is 5.69 Å². The standard InChI is InChI=1S/C15H22N2O4/c1-14(2,3)21-13(20)17-15(4,10-18)12(19)16-11-8-6-5-7-9-11/h5-9,18H,10H2,1-4H3,(H,16,19)(H,17,20)/t15-/m0/s1. The second-order valence-corrected chi connectivity index (χ2v) is 5.94. The van der Waals surface area contributed by atoms with E-state index in [1.165, 1.54) is 6.92 Å². The maximum Gasteiger partial charge on any atom is 0.408 e. The normalized spacial score (nSPS) is 14.0. The van der Waals surface area contributed by atoms with Crippen LogP contribution >= 0.6 is 0 Å². The number of benzene rings is 1. The van der Waals surface area contributed by atoms with E-state index in [2.05, 4.69) is 10.6 Å². The highest BCUT2D eigenvalue weighted by Gasteiger charge is 2.36. The van der Waals surface area contributed by atoms with E-state index in [0.717, 1.165) is 0 Å². The Kier molecular flexibility index (Phi) is 5.32. The molecule has 1 aromatic rings. The summed E-state index contributed by atoms with van der Waals surface area (Å²) in [6, 6.07) is 8.78. The molecule has 6 heteroatoms. The lowest BCUT2D eigenvalue weighted by Gasteiger charge is -2.29. The number of nitrogens with one attached hydrogen (secondary N) is 2. The summed E-state index contributed by atoms with van der Waals surface area (Å²) in [6.07, 6.45) is -0.762. The number of hydrogen-bond donors (Lipinski definition) is 3. The van der Waals surface area contributed by atoms with Crippen molar-refractivity contribution in [3.05, 3.63) is 30.3 Å². The van der Waals surface area contributed by atoms with E-state index in [-0.39, 0.29) is 0 Å². The lowest BCUT2D eigenvalue weighted by atomic mass is 10.0. The molecule has 0 unspecified atom stereocenters. The smallest absolute Gasteiger partial charge is 0.408 e. The predicted molar refractivity (Wildman–Crippen MR) is 79.9 cm³/mol. The molecule has 1 rings (SSSR count). The Balaban J connectivity index is 2.74. The highest BCUT2D eigenvalue weighted by Crippen LogP contribution is 2.13. The van der Waals surface area contributed by atoms with Gasteiger partial charge in [-0.3, -0.25) is 4.79 Å². The van der Waals surface area contributed by atoms with Crippen LogP contribution in [0.25, 0.3) is 0 Å². The van der Waals surface area contributed by atoms with E-state index in [9.17, 15) is 14.7 Å². The molecule has 0 heterocycles. The quantitative estimate of drug-likeness (QED) is 0.791. The van der Waals surface area contributed by atoms with Gasteiger partial charge >= 0.3 is 6.09 Å². The van der Waals surface area contributed by atoms with Gasteiger partial charge in [-0.05, 0) is 39.8 Å². The lowest BCUT2D eigenvalue weighted by Crippen LogP contribution is -2.58. The summed E-state index contributed by atoms with van der Waals surface area (Å²) in [6.45, 7) is 6.02. The molecule has 6 nitrogen and oxygen atoms in total. The van der Waals surface area contributed by atoms with Gasteiger partial charge in [-0.15, -0.1) is 0 Å². The average molecular weight is 294 g/mol. The largest absolute Gasteiger partial charge is 0.444 e. The SMILES string of the molecule is CC(C)(C)OC(=O)N[C@@](C)(CO)C(=O)Nc1ccccc1. The van der Waals surface area contributed by atoms with Gasteiger partial charge in [0.1, 0.15) is 11.1 Å². The number of ether oxygens (including phenoxy) is 1. The van der Waals surface area contributed by atoms with Crippen LogP contribution in [-0.2, 0) is 9.53 Å². The van der Waals surface area contributed by atoms with Crippen molar-refractivity contribution < 1.29 is 19.4 Å². The third-order valence-electron chi connectivity index (χ3n) is 2.63. The van der Waals surface area contributed by atoms with E-state index in [4.69, 9.17) is 4.74 Å².